The molecule has 1 aliphatic heterocycles. The first-order chi connectivity index (χ1) is 6.79. The van der Waals surface area contributed by atoms with Gasteiger partial charge >= 0.3 is 0 Å². The van der Waals surface area contributed by atoms with Crippen LogP contribution in [0.1, 0.15) is 11.6 Å². The molecule has 15 heavy (non-hydrogen) atoms. The fourth-order valence-electron chi connectivity index (χ4n) is 1.61. The Labute approximate surface area is 105 Å². The maximum absolute atomic E-state index is 6.05. The van der Waals surface area contributed by atoms with E-state index < -0.39 is 0 Å². The molecule has 2 rings (SSSR count). The van der Waals surface area contributed by atoms with E-state index >= 15 is 0 Å². The SMILES string of the molecule is Cl.Clc1cncc(Cl)c1[C@H]1CNCCN1. The van der Waals surface area contributed by atoms with Crippen molar-refractivity contribution in [2.24, 2.45) is 0 Å². The molecule has 0 radical (unpaired) electrons. The van der Waals surface area contributed by atoms with Crippen molar-refractivity contribution in [2.45, 2.75) is 6.04 Å². The van der Waals surface area contributed by atoms with Gasteiger partial charge in [0.15, 0.2) is 0 Å². The molecular formula is C9H12Cl3N3. The molecule has 1 aromatic heterocycles. The summed E-state index contributed by atoms with van der Waals surface area (Å²) < 4.78 is 0. The predicted octanol–water partition coefficient (Wildman–Crippen LogP) is 2.04. The van der Waals surface area contributed by atoms with Gasteiger partial charge in [-0.15, -0.1) is 12.4 Å². The second-order valence-electron chi connectivity index (χ2n) is 3.23. The van der Waals surface area contributed by atoms with E-state index in [4.69, 9.17) is 23.2 Å². The summed E-state index contributed by atoms with van der Waals surface area (Å²) in [6.45, 7) is 2.76. The number of rotatable bonds is 1. The van der Waals surface area contributed by atoms with Crippen molar-refractivity contribution in [1.82, 2.24) is 15.6 Å². The van der Waals surface area contributed by atoms with Crippen molar-refractivity contribution >= 4 is 35.6 Å². The molecule has 1 atom stereocenters. The van der Waals surface area contributed by atoms with Gasteiger partial charge in [0.05, 0.1) is 10.0 Å². The number of hydrogen-bond donors (Lipinski definition) is 2. The zero-order chi connectivity index (χ0) is 9.97. The summed E-state index contributed by atoms with van der Waals surface area (Å²) >= 11 is 12.1. The molecule has 0 aromatic carbocycles. The minimum absolute atomic E-state index is 0. The first kappa shape index (κ1) is 13.0. The third kappa shape index (κ3) is 2.95. The summed E-state index contributed by atoms with van der Waals surface area (Å²) in [6.07, 6.45) is 3.25. The molecule has 0 spiro atoms. The number of nitrogens with one attached hydrogen (secondary N) is 2. The van der Waals surface area contributed by atoms with Crippen LogP contribution in [0, 0.1) is 0 Å². The zero-order valence-electron chi connectivity index (χ0n) is 7.96. The van der Waals surface area contributed by atoms with E-state index in [1.807, 2.05) is 0 Å². The van der Waals surface area contributed by atoms with Crippen molar-refractivity contribution in [2.75, 3.05) is 19.6 Å². The highest BCUT2D eigenvalue weighted by molar-refractivity contribution is 6.35. The molecule has 0 bridgehead atoms. The van der Waals surface area contributed by atoms with Gasteiger partial charge in [0.25, 0.3) is 0 Å². The average Bonchev–Trinajstić information content (AvgIpc) is 2.19. The number of pyridine rings is 1. The van der Waals surface area contributed by atoms with Crippen molar-refractivity contribution in [3.8, 4) is 0 Å². The second-order valence-corrected chi connectivity index (χ2v) is 4.04. The van der Waals surface area contributed by atoms with E-state index in [9.17, 15) is 0 Å². The standard InChI is InChI=1S/C9H11Cl2N3.ClH/c10-6-3-13-4-7(11)9(6)8-5-12-1-2-14-8;/h3-4,8,12,14H,1-2,5H2;1H/t8-;/m1./s1. The van der Waals surface area contributed by atoms with Crippen LogP contribution in [-0.4, -0.2) is 24.6 Å². The molecule has 0 amide bonds. The molecule has 1 aromatic rings. The Hall–Kier alpha value is -0.0600. The summed E-state index contributed by atoms with van der Waals surface area (Å²) in [4.78, 5) is 3.93. The number of aromatic nitrogens is 1. The molecule has 2 heterocycles. The Balaban J connectivity index is 0.00000112. The molecule has 84 valence electrons. The van der Waals surface area contributed by atoms with Crippen LogP contribution in [0.5, 0.6) is 0 Å². The predicted molar refractivity (Wildman–Crippen MR) is 65.1 cm³/mol. The highest BCUT2D eigenvalue weighted by atomic mass is 35.5. The van der Waals surface area contributed by atoms with Crippen molar-refractivity contribution in [3.63, 3.8) is 0 Å². The highest BCUT2D eigenvalue weighted by Gasteiger charge is 2.19. The van der Waals surface area contributed by atoms with Gasteiger partial charge < -0.3 is 10.6 Å². The van der Waals surface area contributed by atoms with Crippen LogP contribution >= 0.6 is 35.6 Å². The van der Waals surface area contributed by atoms with Crippen LogP contribution in [0.3, 0.4) is 0 Å². The van der Waals surface area contributed by atoms with Gasteiger partial charge in [0.1, 0.15) is 0 Å². The first-order valence-electron chi connectivity index (χ1n) is 4.52. The van der Waals surface area contributed by atoms with Gasteiger partial charge in [-0.3, -0.25) is 4.98 Å². The molecule has 0 saturated carbocycles. The first-order valence-corrected chi connectivity index (χ1v) is 5.27. The lowest BCUT2D eigenvalue weighted by molar-refractivity contribution is 0.430. The smallest absolute Gasteiger partial charge is 0.0652 e. The zero-order valence-corrected chi connectivity index (χ0v) is 10.3. The molecule has 1 fully saturated rings. The van der Waals surface area contributed by atoms with Crippen LogP contribution in [0.2, 0.25) is 10.0 Å². The van der Waals surface area contributed by atoms with Crippen LogP contribution < -0.4 is 10.6 Å². The lowest BCUT2D eigenvalue weighted by Gasteiger charge is -2.26. The molecule has 6 heteroatoms. The van der Waals surface area contributed by atoms with E-state index in [-0.39, 0.29) is 18.4 Å². The lowest BCUT2D eigenvalue weighted by Crippen LogP contribution is -2.42. The fraction of sp³-hybridized carbons (Fsp3) is 0.444. The Morgan fingerprint density at radius 3 is 2.40 bits per heavy atom. The normalized spacial score (nSPS) is 20.8. The molecule has 0 unspecified atom stereocenters. The van der Waals surface area contributed by atoms with Gasteiger partial charge in [-0.2, -0.15) is 0 Å². The van der Waals surface area contributed by atoms with Gasteiger partial charge in [-0.05, 0) is 0 Å². The van der Waals surface area contributed by atoms with Gasteiger partial charge in [0, 0.05) is 43.6 Å². The second kappa shape index (κ2) is 5.87. The van der Waals surface area contributed by atoms with Gasteiger partial charge in [0.2, 0.25) is 0 Å². The molecule has 1 aliphatic rings. The third-order valence-corrected chi connectivity index (χ3v) is 2.88. The number of piperazine rings is 1. The summed E-state index contributed by atoms with van der Waals surface area (Å²) in [5.74, 6) is 0. The van der Waals surface area contributed by atoms with Crippen molar-refractivity contribution < 1.29 is 0 Å². The minimum Gasteiger partial charge on any atom is -0.314 e. The summed E-state index contributed by atoms with van der Waals surface area (Å²) in [5, 5.41) is 7.89. The summed E-state index contributed by atoms with van der Waals surface area (Å²) in [5.41, 5.74) is 0.940. The molecular weight excluding hydrogens is 256 g/mol. The minimum atomic E-state index is 0. The number of nitrogens with zero attached hydrogens (tertiary/aromatic N) is 1. The number of halogens is 3. The Bertz CT molecular complexity index is 306. The fourth-order valence-corrected chi connectivity index (χ4v) is 2.24. The topological polar surface area (TPSA) is 37.0 Å². The van der Waals surface area contributed by atoms with E-state index in [1.165, 1.54) is 0 Å². The highest BCUT2D eigenvalue weighted by Crippen LogP contribution is 2.29. The van der Waals surface area contributed by atoms with Crippen LogP contribution in [0.15, 0.2) is 12.4 Å². The Morgan fingerprint density at radius 2 is 1.87 bits per heavy atom. The van der Waals surface area contributed by atoms with E-state index in [0.717, 1.165) is 25.2 Å². The molecule has 1 saturated heterocycles. The van der Waals surface area contributed by atoms with Crippen molar-refractivity contribution in [3.05, 3.63) is 28.0 Å². The van der Waals surface area contributed by atoms with Gasteiger partial charge in [-0.1, -0.05) is 23.2 Å². The largest absolute Gasteiger partial charge is 0.314 e. The van der Waals surface area contributed by atoms with E-state index in [2.05, 4.69) is 15.6 Å². The quantitative estimate of drug-likeness (QED) is 0.818. The lowest BCUT2D eigenvalue weighted by atomic mass is 10.1. The number of hydrogen-bond acceptors (Lipinski definition) is 3. The monoisotopic (exact) mass is 267 g/mol. The average molecular weight is 269 g/mol. The van der Waals surface area contributed by atoms with Gasteiger partial charge in [-0.25, -0.2) is 0 Å². The summed E-state index contributed by atoms with van der Waals surface area (Å²) in [7, 11) is 0. The molecule has 2 N–H and O–H groups in total. The third-order valence-electron chi connectivity index (χ3n) is 2.28. The van der Waals surface area contributed by atoms with Crippen LogP contribution in [-0.2, 0) is 0 Å². The maximum Gasteiger partial charge on any atom is 0.0652 e. The van der Waals surface area contributed by atoms with E-state index in [0.29, 0.717) is 10.0 Å². The Kier molecular flexibility index (Phi) is 5.09. The maximum atomic E-state index is 6.05. The van der Waals surface area contributed by atoms with Crippen molar-refractivity contribution in [1.29, 1.82) is 0 Å². The summed E-state index contributed by atoms with van der Waals surface area (Å²) in [6, 6.07) is 0.187. The van der Waals surface area contributed by atoms with Crippen LogP contribution in [0.4, 0.5) is 0 Å². The van der Waals surface area contributed by atoms with Crippen LogP contribution in [0.25, 0.3) is 0 Å². The molecule has 3 nitrogen and oxygen atoms in total. The Morgan fingerprint density at radius 1 is 1.20 bits per heavy atom. The molecule has 0 aliphatic carbocycles. The van der Waals surface area contributed by atoms with E-state index in [1.54, 1.807) is 12.4 Å².